The molecule has 0 saturated heterocycles. The van der Waals surface area contributed by atoms with Gasteiger partial charge in [-0.05, 0) is 56.3 Å². The zero-order valence-electron chi connectivity index (χ0n) is 15.4. The van der Waals surface area contributed by atoms with Crippen molar-refractivity contribution >= 4 is 17.5 Å². The highest BCUT2D eigenvalue weighted by molar-refractivity contribution is 6.03. The number of carbonyl (C=O) groups is 1. The van der Waals surface area contributed by atoms with Gasteiger partial charge in [0.1, 0.15) is 17.2 Å². The number of nitrogens with zero attached hydrogens (tertiary/aromatic N) is 3. The Morgan fingerprint density at radius 1 is 0.963 bits per heavy atom. The van der Waals surface area contributed by atoms with E-state index in [1.54, 1.807) is 24.4 Å². The third kappa shape index (κ3) is 4.82. The number of hydrogen-bond donors (Lipinski definition) is 1. The standard InChI is InChI=1S/C21H22N4O2/c1-3-25(4-2)21-22-15-14-19(24-21)20(26)23-16-10-12-18(13-11-16)27-17-8-6-5-7-9-17/h5-15H,3-4H2,1-2H3,(H,23,26). The monoisotopic (exact) mass is 362 g/mol. The fourth-order valence-corrected chi connectivity index (χ4v) is 2.56. The number of rotatable bonds is 7. The number of para-hydroxylation sites is 1. The molecule has 2 aromatic carbocycles. The summed E-state index contributed by atoms with van der Waals surface area (Å²) in [7, 11) is 0. The molecule has 1 heterocycles. The van der Waals surface area contributed by atoms with Crippen molar-refractivity contribution in [3.63, 3.8) is 0 Å². The number of nitrogens with one attached hydrogen (secondary N) is 1. The molecule has 1 aromatic heterocycles. The van der Waals surface area contributed by atoms with E-state index in [9.17, 15) is 4.79 Å². The average Bonchev–Trinajstić information content (AvgIpc) is 2.71. The van der Waals surface area contributed by atoms with Crippen LogP contribution in [-0.2, 0) is 0 Å². The molecule has 0 unspecified atom stereocenters. The van der Waals surface area contributed by atoms with Crippen molar-refractivity contribution in [1.82, 2.24) is 9.97 Å². The topological polar surface area (TPSA) is 67.4 Å². The molecule has 0 saturated carbocycles. The average molecular weight is 362 g/mol. The van der Waals surface area contributed by atoms with Gasteiger partial charge in [-0.3, -0.25) is 4.79 Å². The summed E-state index contributed by atoms with van der Waals surface area (Å²) in [6.07, 6.45) is 1.60. The van der Waals surface area contributed by atoms with Crippen LogP contribution in [0.25, 0.3) is 0 Å². The van der Waals surface area contributed by atoms with E-state index in [2.05, 4.69) is 15.3 Å². The molecule has 0 bridgehead atoms. The lowest BCUT2D eigenvalue weighted by Gasteiger charge is -2.18. The highest BCUT2D eigenvalue weighted by Gasteiger charge is 2.12. The van der Waals surface area contributed by atoms with Crippen molar-refractivity contribution < 1.29 is 9.53 Å². The van der Waals surface area contributed by atoms with Crippen LogP contribution in [0.1, 0.15) is 24.3 Å². The summed E-state index contributed by atoms with van der Waals surface area (Å²) in [6.45, 7) is 5.62. The zero-order valence-corrected chi connectivity index (χ0v) is 15.4. The Balaban J connectivity index is 1.66. The first-order valence-corrected chi connectivity index (χ1v) is 8.92. The van der Waals surface area contributed by atoms with Crippen molar-refractivity contribution in [1.29, 1.82) is 0 Å². The predicted octanol–water partition coefficient (Wildman–Crippen LogP) is 4.37. The van der Waals surface area contributed by atoms with E-state index in [0.717, 1.165) is 18.8 Å². The highest BCUT2D eigenvalue weighted by Crippen LogP contribution is 2.22. The van der Waals surface area contributed by atoms with Gasteiger partial charge >= 0.3 is 0 Å². The van der Waals surface area contributed by atoms with E-state index >= 15 is 0 Å². The van der Waals surface area contributed by atoms with Gasteiger partial charge in [-0.25, -0.2) is 9.97 Å². The highest BCUT2D eigenvalue weighted by atomic mass is 16.5. The fourth-order valence-electron chi connectivity index (χ4n) is 2.56. The SMILES string of the molecule is CCN(CC)c1nccc(C(=O)Nc2ccc(Oc3ccccc3)cc2)n1. The van der Waals surface area contributed by atoms with Gasteiger partial charge in [-0.1, -0.05) is 18.2 Å². The number of aromatic nitrogens is 2. The molecule has 6 heteroatoms. The minimum atomic E-state index is -0.275. The van der Waals surface area contributed by atoms with Gasteiger partial charge in [0.15, 0.2) is 0 Å². The molecule has 0 aliphatic rings. The second-order valence-corrected chi connectivity index (χ2v) is 5.81. The van der Waals surface area contributed by atoms with Gasteiger partial charge in [0, 0.05) is 25.0 Å². The molecule has 138 valence electrons. The molecule has 6 nitrogen and oxygen atoms in total. The van der Waals surface area contributed by atoms with Crippen LogP contribution < -0.4 is 15.0 Å². The predicted molar refractivity (Wildman–Crippen MR) is 107 cm³/mol. The molecular weight excluding hydrogens is 340 g/mol. The number of ether oxygens (including phenoxy) is 1. The smallest absolute Gasteiger partial charge is 0.274 e. The maximum atomic E-state index is 12.5. The van der Waals surface area contributed by atoms with Crippen molar-refractivity contribution in [3.8, 4) is 11.5 Å². The molecule has 0 atom stereocenters. The van der Waals surface area contributed by atoms with E-state index in [1.807, 2.05) is 61.2 Å². The molecule has 0 aliphatic heterocycles. The number of benzene rings is 2. The van der Waals surface area contributed by atoms with Crippen LogP contribution in [0.3, 0.4) is 0 Å². The van der Waals surface area contributed by atoms with Gasteiger partial charge < -0.3 is 15.0 Å². The van der Waals surface area contributed by atoms with E-state index < -0.39 is 0 Å². The molecule has 1 N–H and O–H groups in total. The summed E-state index contributed by atoms with van der Waals surface area (Å²) in [5.74, 6) is 1.74. The third-order valence-electron chi connectivity index (χ3n) is 4.01. The van der Waals surface area contributed by atoms with E-state index in [-0.39, 0.29) is 5.91 Å². The van der Waals surface area contributed by atoms with Gasteiger partial charge in [-0.15, -0.1) is 0 Å². The van der Waals surface area contributed by atoms with Crippen LogP contribution >= 0.6 is 0 Å². The molecule has 0 aliphatic carbocycles. The van der Waals surface area contributed by atoms with E-state index in [0.29, 0.717) is 23.1 Å². The second-order valence-electron chi connectivity index (χ2n) is 5.81. The summed E-state index contributed by atoms with van der Waals surface area (Å²) < 4.78 is 5.75. The van der Waals surface area contributed by atoms with Crippen LogP contribution in [0.15, 0.2) is 66.9 Å². The van der Waals surface area contributed by atoms with Crippen molar-refractivity contribution in [2.24, 2.45) is 0 Å². The lowest BCUT2D eigenvalue weighted by molar-refractivity contribution is 0.102. The molecule has 0 spiro atoms. The number of hydrogen-bond acceptors (Lipinski definition) is 5. The first-order valence-electron chi connectivity index (χ1n) is 8.92. The lowest BCUT2D eigenvalue weighted by atomic mass is 10.3. The summed E-state index contributed by atoms with van der Waals surface area (Å²) in [6, 6.07) is 18.4. The van der Waals surface area contributed by atoms with E-state index in [1.165, 1.54) is 0 Å². The van der Waals surface area contributed by atoms with Gasteiger partial charge in [0.2, 0.25) is 5.95 Å². The lowest BCUT2D eigenvalue weighted by Crippen LogP contribution is -2.25. The first kappa shape index (κ1) is 18.4. The van der Waals surface area contributed by atoms with Crippen LogP contribution in [0.4, 0.5) is 11.6 Å². The fraction of sp³-hybridized carbons (Fsp3) is 0.190. The van der Waals surface area contributed by atoms with Crippen LogP contribution in [0.2, 0.25) is 0 Å². The molecule has 3 rings (SSSR count). The zero-order chi connectivity index (χ0) is 19.1. The second kappa shape index (κ2) is 8.80. The number of carbonyl (C=O) groups excluding carboxylic acids is 1. The van der Waals surface area contributed by atoms with Crippen molar-refractivity contribution in [3.05, 3.63) is 72.6 Å². The molecule has 27 heavy (non-hydrogen) atoms. The largest absolute Gasteiger partial charge is 0.457 e. The van der Waals surface area contributed by atoms with E-state index in [4.69, 9.17) is 4.74 Å². The Morgan fingerprint density at radius 2 is 1.63 bits per heavy atom. The van der Waals surface area contributed by atoms with Gasteiger partial charge in [-0.2, -0.15) is 0 Å². The minimum absolute atomic E-state index is 0.275. The number of amides is 1. The Morgan fingerprint density at radius 3 is 2.30 bits per heavy atom. The Hall–Kier alpha value is -3.41. The summed E-state index contributed by atoms with van der Waals surface area (Å²) in [5.41, 5.74) is 1.000. The normalized spacial score (nSPS) is 10.3. The van der Waals surface area contributed by atoms with Crippen LogP contribution in [-0.4, -0.2) is 29.0 Å². The van der Waals surface area contributed by atoms with Crippen LogP contribution in [0, 0.1) is 0 Å². The third-order valence-corrected chi connectivity index (χ3v) is 4.01. The number of anilines is 2. The summed E-state index contributed by atoms with van der Waals surface area (Å²) in [4.78, 5) is 23.1. The van der Waals surface area contributed by atoms with Crippen molar-refractivity contribution in [2.45, 2.75) is 13.8 Å². The maximum Gasteiger partial charge on any atom is 0.274 e. The first-order chi connectivity index (χ1) is 13.2. The molecule has 0 radical (unpaired) electrons. The quantitative estimate of drug-likeness (QED) is 0.676. The molecule has 0 fully saturated rings. The Kier molecular flexibility index (Phi) is 5.99. The Bertz CT molecular complexity index is 878. The maximum absolute atomic E-state index is 12.5. The molecular formula is C21H22N4O2. The van der Waals surface area contributed by atoms with Crippen LogP contribution in [0.5, 0.6) is 11.5 Å². The molecule has 1 amide bonds. The summed E-state index contributed by atoms with van der Waals surface area (Å²) >= 11 is 0. The summed E-state index contributed by atoms with van der Waals surface area (Å²) in [5, 5.41) is 2.85. The Labute approximate surface area is 158 Å². The molecule has 3 aromatic rings. The van der Waals surface area contributed by atoms with Gasteiger partial charge in [0.05, 0.1) is 0 Å². The van der Waals surface area contributed by atoms with Crippen molar-refractivity contribution in [2.75, 3.05) is 23.3 Å². The minimum Gasteiger partial charge on any atom is -0.457 e. The van der Waals surface area contributed by atoms with Gasteiger partial charge in [0.25, 0.3) is 5.91 Å².